The number of halogens is 1. The van der Waals surface area contributed by atoms with Crippen LogP contribution in [0.25, 0.3) is 0 Å². The number of benzene rings is 2. The number of rotatable bonds is 8. The molecular weight excluding hydrogens is 373 g/mol. The minimum absolute atomic E-state index is 0.0416. The first-order chi connectivity index (χ1) is 12.8. The number of aryl methyl sites for hydroxylation is 1. The number of nitrogens with one attached hydrogen (secondary N) is 1. The number of carbonyl (C=O) groups excluding carboxylic acids is 2. The van der Waals surface area contributed by atoms with Gasteiger partial charge in [0.25, 0.3) is 0 Å². The van der Waals surface area contributed by atoms with Crippen molar-refractivity contribution < 1.29 is 27.1 Å². The molecule has 2 aromatic rings. The Hall–Kier alpha value is -2.74. The molecule has 1 N–H and O–H groups in total. The van der Waals surface area contributed by atoms with Gasteiger partial charge in [0, 0.05) is 0 Å². The van der Waals surface area contributed by atoms with Gasteiger partial charge in [0.15, 0.2) is 9.84 Å². The summed E-state index contributed by atoms with van der Waals surface area (Å²) in [4.78, 5) is 23.5. The number of hydrogen-bond acceptors (Lipinski definition) is 5. The maximum atomic E-state index is 13.8. The van der Waals surface area contributed by atoms with Gasteiger partial charge in [0.05, 0.1) is 24.1 Å². The lowest BCUT2D eigenvalue weighted by Crippen LogP contribution is -2.25. The quantitative estimate of drug-likeness (QED) is 0.697. The molecule has 6 nitrogen and oxygen atoms in total. The second-order valence-corrected chi connectivity index (χ2v) is 8.10. The number of methoxy groups -OCH3 is 1. The van der Waals surface area contributed by atoms with Crippen LogP contribution in [0.2, 0.25) is 0 Å². The Kier molecular flexibility index (Phi) is 7.06. The molecule has 0 fully saturated rings. The first kappa shape index (κ1) is 20.6. The molecule has 2 rings (SSSR count). The van der Waals surface area contributed by atoms with E-state index < -0.39 is 33.3 Å². The van der Waals surface area contributed by atoms with E-state index in [1.807, 2.05) is 30.3 Å². The third-order valence-electron chi connectivity index (χ3n) is 3.78. The highest BCUT2D eigenvalue weighted by molar-refractivity contribution is 7.92. The molecule has 0 aliphatic heterocycles. The van der Waals surface area contributed by atoms with E-state index >= 15 is 0 Å². The lowest BCUT2D eigenvalue weighted by atomic mass is 10.1. The molecule has 2 aromatic carbocycles. The number of anilines is 1. The first-order valence-electron chi connectivity index (χ1n) is 8.23. The topological polar surface area (TPSA) is 89.5 Å². The molecule has 0 aromatic heterocycles. The fraction of sp³-hybridized carbons (Fsp3) is 0.263. The van der Waals surface area contributed by atoms with Crippen LogP contribution >= 0.6 is 0 Å². The number of esters is 1. The summed E-state index contributed by atoms with van der Waals surface area (Å²) in [5, 5.41) is 2.19. The standard InChI is InChI=1S/C19H20FNO5S/c1-26-19(23)15-9-10-16(20)17(12-15)21-18(22)13-27(24,25)11-5-8-14-6-3-2-4-7-14/h2-4,6-7,9-10,12H,5,8,11,13H2,1H3,(H,21,22). The zero-order valence-corrected chi connectivity index (χ0v) is 15.6. The molecule has 0 atom stereocenters. The van der Waals surface area contributed by atoms with Gasteiger partial charge < -0.3 is 10.1 Å². The van der Waals surface area contributed by atoms with Crippen molar-refractivity contribution in [2.75, 3.05) is 23.9 Å². The summed E-state index contributed by atoms with van der Waals surface area (Å²) >= 11 is 0. The van der Waals surface area contributed by atoms with Crippen molar-refractivity contribution in [3.8, 4) is 0 Å². The Labute approximate surface area is 157 Å². The summed E-state index contributed by atoms with van der Waals surface area (Å²) in [5.74, 6) is -3.25. The van der Waals surface area contributed by atoms with Crippen molar-refractivity contribution in [2.24, 2.45) is 0 Å². The van der Waals surface area contributed by atoms with Gasteiger partial charge in [-0.15, -0.1) is 0 Å². The predicted octanol–water partition coefficient (Wildman–Crippen LogP) is 2.60. The number of ether oxygens (including phenoxy) is 1. The van der Waals surface area contributed by atoms with Crippen LogP contribution in [0.5, 0.6) is 0 Å². The minimum Gasteiger partial charge on any atom is -0.465 e. The highest BCUT2D eigenvalue weighted by atomic mass is 32.2. The lowest BCUT2D eigenvalue weighted by molar-refractivity contribution is -0.113. The van der Waals surface area contributed by atoms with E-state index in [0.29, 0.717) is 12.8 Å². The van der Waals surface area contributed by atoms with Crippen molar-refractivity contribution in [1.29, 1.82) is 0 Å². The molecule has 0 saturated heterocycles. The Bertz CT molecular complexity index is 913. The molecule has 1 amide bonds. The Balaban J connectivity index is 1.93. The molecule has 27 heavy (non-hydrogen) atoms. The van der Waals surface area contributed by atoms with Crippen LogP contribution in [0.15, 0.2) is 48.5 Å². The molecule has 0 saturated carbocycles. The summed E-state index contributed by atoms with van der Waals surface area (Å²) in [6.07, 6.45) is 0.962. The fourth-order valence-corrected chi connectivity index (χ4v) is 3.67. The van der Waals surface area contributed by atoms with E-state index in [0.717, 1.165) is 17.7 Å². The summed E-state index contributed by atoms with van der Waals surface area (Å²) in [7, 11) is -2.47. The van der Waals surface area contributed by atoms with Crippen LogP contribution in [0, 0.1) is 5.82 Å². The van der Waals surface area contributed by atoms with Crippen molar-refractivity contribution in [1.82, 2.24) is 0 Å². The monoisotopic (exact) mass is 393 g/mol. The fourth-order valence-electron chi connectivity index (χ4n) is 2.46. The second-order valence-electron chi connectivity index (χ2n) is 5.92. The third-order valence-corrected chi connectivity index (χ3v) is 5.39. The molecule has 0 bridgehead atoms. The van der Waals surface area contributed by atoms with Gasteiger partial charge >= 0.3 is 5.97 Å². The van der Waals surface area contributed by atoms with Crippen molar-refractivity contribution in [3.63, 3.8) is 0 Å². The number of amides is 1. The normalized spacial score (nSPS) is 11.0. The van der Waals surface area contributed by atoms with Gasteiger partial charge in [-0.25, -0.2) is 17.6 Å². The van der Waals surface area contributed by atoms with Gasteiger partial charge in [-0.2, -0.15) is 0 Å². The maximum absolute atomic E-state index is 13.8. The smallest absolute Gasteiger partial charge is 0.337 e. The number of hydrogen-bond donors (Lipinski definition) is 1. The summed E-state index contributed by atoms with van der Waals surface area (Å²) in [6.45, 7) is 0. The van der Waals surface area contributed by atoms with E-state index in [-0.39, 0.29) is 17.0 Å². The van der Waals surface area contributed by atoms with Gasteiger partial charge in [0.1, 0.15) is 11.6 Å². The molecule has 144 valence electrons. The van der Waals surface area contributed by atoms with Crippen LogP contribution in [-0.2, 0) is 25.8 Å². The van der Waals surface area contributed by atoms with Gasteiger partial charge in [0.2, 0.25) is 5.91 Å². The van der Waals surface area contributed by atoms with Crippen LogP contribution in [0.4, 0.5) is 10.1 Å². The average molecular weight is 393 g/mol. The molecule has 0 unspecified atom stereocenters. The van der Waals surface area contributed by atoms with Crippen molar-refractivity contribution in [3.05, 3.63) is 65.5 Å². The van der Waals surface area contributed by atoms with Gasteiger partial charge in [-0.3, -0.25) is 4.79 Å². The van der Waals surface area contributed by atoms with E-state index in [2.05, 4.69) is 10.1 Å². The molecule has 0 aliphatic rings. The van der Waals surface area contributed by atoms with E-state index in [1.54, 1.807) is 0 Å². The van der Waals surface area contributed by atoms with E-state index in [9.17, 15) is 22.4 Å². The maximum Gasteiger partial charge on any atom is 0.337 e. The number of carbonyl (C=O) groups is 2. The van der Waals surface area contributed by atoms with Crippen molar-refractivity contribution in [2.45, 2.75) is 12.8 Å². The molecule has 0 heterocycles. The Morgan fingerprint density at radius 1 is 1.11 bits per heavy atom. The molecule has 0 spiro atoms. The zero-order valence-electron chi connectivity index (χ0n) is 14.8. The largest absolute Gasteiger partial charge is 0.465 e. The van der Waals surface area contributed by atoms with E-state index in [1.165, 1.54) is 13.2 Å². The summed E-state index contributed by atoms with van der Waals surface area (Å²) < 4.78 is 42.5. The van der Waals surface area contributed by atoms with Gasteiger partial charge in [-0.1, -0.05) is 30.3 Å². The molecule has 0 radical (unpaired) electrons. The first-order valence-corrected chi connectivity index (χ1v) is 10.0. The van der Waals surface area contributed by atoms with Crippen molar-refractivity contribution >= 4 is 27.4 Å². The minimum atomic E-state index is -3.64. The SMILES string of the molecule is COC(=O)c1ccc(F)c(NC(=O)CS(=O)(=O)CCCc2ccccc2)c1. The second kappa shape index (κ2) is 9.27. The Morgan fingerprint density at radius 2 is 1.81 bits per heavy atom. The highest BCUT2D eigenvalue weighted by Crippen LogP contribution is 2.17. The summed E-state index contributed by atoms with van der Waals surface area (Å²) in [5.41, 5.74) is 0.779. The number of sulfone groups is 1. The molecule has 8 heteroatoms. The van der Waals surface area contributed by atoms with Gasteiger partial charge in [-0.05, 0) is 36.6 Å². The van der Waals surface area contributed by atoms with Crippen LogP contribution in [-0.4, -0.2) is 38.9 Å². The molecule has 0 aliphatic carbocycles. The zero-order chi connectivity index (χ0) is 19.9. The van der Waals surface area contributed by atoms with E-state index in [4.69, 9.17) is 0 Å². The van der Waals surface area contributed by atoms with Crippen LogP contribution in [0.1, 0.15) is 22.3 Å². The third kappa shape index (κ3) is 6.49. The Morgan fingerprint density at radius 3 is 2.48 bits per heavy atom. The average Bonchev–Trinajstić information content (AvgIpc) is 2.63. The predicted molar refractivity (Wildman–Crippen MR) is 99.8 cm³/mol. The summed E-state index contributed by atoms with van der Waals surface area (Å²) in [6, 6.07) is 12.7. The molecular formula is C19H20FNO5S. The highest BCUT2D eigenvalue weighted by Gasteiger charge is 2.18. The van der Waals surface area contributed by atoms with Crippen LogP contribution in [0.3, 0.4) is 0 Å². The van der Waals surface area contributed by atoms with Crippen LogP contribution < -0.4 is 5.32 Å². The lowest BCUT2D eigenvalue weighted by Gasteiger charge is -2.09.